The van der Waals surface area contributed by atoms with Crippen LogP contribution in [0.1, 0.15) is 21.5 Å². The van der Waals surface area contributed by atoms with E-state index in [1.807, 2.05) is 23.1 Å². The van der Waals surface area contributed by atoms with Gasteiger partial charge in [0, 0.05) is 24.5 Å². The van der Waals surface area contributed by atoms with Crippen LogP contribution in [-0.4, -0.2) is 40.7 Å². The van der Waals surface area contributed by atoms with E-state index in [1.54, 1.807) is 24.4 Å². The molecule has 24 heavy (non-hydrogen) atoms. The van der Waals surface area contributed by atoms with Crippen molar-refractivity contribution < 1.29 is 4.79 Å². The Labute approximate surface area is 139 Å². The van der Waals surface area contributed by atoms with Gasteiger partial charge < -0.3 is 0 Å². The van der Waals surface area contributed by atoms with Crippen LogP contribution in [0.25, 0.3) is 6.08 Å². The molecule has 6 nitrogen and oxygen atoms in total. The van der Waals surface area contributed by atoms with Crippen LogP contribution in [0.2, 0.25) is 0 Å². The lowest BCUT2D eigenvalue weighted by molar-refractivity contribution is 0.0973. The Balaban J connectivity index is 1.71. The Morgan fingerprint density at radius 3 is 3.04 bits per heavy atom. The SMILES string of the molecule is C=Cc1ccc2c(c1)C1=NCCN1C(NC(=O)c1cccnc1)=N2. The number of guanidine groups is 1. The third-order valence-corrected chi connectivity index (χ3v) is 3.97. The number of amides is 1. The summed E-state index contributed by atoms with van der Waals surface area (Å²) in [4.78, 5) is 27.5. The fourth-order valence-corrected chi connectivity index (χ4v) is 2.78. The number of nitrogens with zero attached hydrogens (tertiary/aromatic N) is 4. The maximum absolute atomic E-state index is 12.4. The highest BCUT2D eigenvalue weighted by Crippen LogP contribution is 2.29. The molecule has 1 amide bonds. The molecule has 6 heteroatoms. The van der Waals surface area contributed by atoms with E-state index in [4.69, 9.17) is 0 Å². The summed E-state index contributed by atoms with van der Waals surface area (Å²) < 4.78 is 0. The predicted molar refractivity (Wildman–Crippen MR) is 93.4 cm³/mol. The van der Waals surface area contributed by atoms with Crippen LogP contribution in [0.5, 0.6) is 0 Å². The van der Waals surface area contributed by atoms with Gasteiger partial charge in [-0.25, -0.2) is 4.99 Å². The molecular weight excluding hydrogens is 302 g/mol. The number of fused-ring (bicyclic) bond motifs is 3. The molecule has 118 valence electrons. The lowest BCUT2D eigenvalue weighted by atomic mass is 10.1. The standard InChI is InChI=1S/C18H15N5O/c1-2-12-5-6-15-14(10-12)16-20-8-9-23(16)18(21-15)22-17(24)13-4-3-7-19-11-13/h2-7,10-11H,1,8-9H2,(H,21,22,24). The average molecular weight is 317 g/mol. The highest BCUT2D eigenvalue weighted by molar-refractivity contribution is 6.19. The summed E-state index contributed by atoms with van der Waals surface area (Å²) in [7, 11) is 0. The smallest absolute Gasteiger partial charge is 0.259 e. The van der Waals surface area contributed by atoms with Gasteiger partial charge in [-0.05, 0) is 29.8 Å². The third kappa shape index (κ3) is 2.38. The van der Waals surface area contributed by atoms with Crippen molar-refractivity contribution in [1.82, 2.24) is 15.2 Å². The summed E-state index contributed by atoms with van der Waals surface area (Å²) in [5.41, 5.74) is 3.26. The van der Waals surface area contributed by atoms with E-state index in [2.05, 4.69) is 26.9 Å². The van der Waals surface area contributed by atoms with E-state index in [0.29, 0.717) is 24.6 Å². The van der Waals surface area contributed by atoms with Crippen molar-refractivity contribution in [3.8, 4) is 0 Å². The molecule has 0 fully saturated rings. The number of hydrogen-bond donors (Lipinski definition) is 1. The van der Waals surface area contributed by atoms with E-state index < -0.39 is 0 Å². The number of rotatable bonds is 2. The first-order valence-corrected chi connectivity index (χ1v) is 7.65. The number of amidine groups is 1. The van der Waals surface area contributed by atoms with Crippen LogP contribution in [0.4, 0.5) is 5.69 Å². The summed E-state index contributed by atoms with van der Waals surface area (Å²) in [6, 6.07) is 9.33. The maximum Gasteiger partial charge on any atom is 0.259 e. The summed E-state index contributed by atoms with van der Waals surface area (Å²) in [6.45, 7) is 5.17. The Morgan fingerprint density at radius 2 is 2.25 bits per heavy atom. The lowest BCUT2D eigenvalue weighted by Crippen LogP contribution is -2.47. The van der Waals surface area contributed by atoms with E-state index in [0.717, 1.165) is 22.6 Å². The van der Waals surface area contributed by atoms with Gasteiger partial charge in [-0.2, -0.15) is 0 Å². The zero-order valence-electron chi connectivity index (χ0n) is 12.9. The molecule has 0 unspecified atom stereocenters. The van der Waals surface area contributed by atoms with Crippen LogP contribution in [0.15, 0.2) is 59.3 Å². The zero-order valence-corrected chi connectivity index (χ0v) is 12.9. The zero-order chi connectivity index (χ0) is 16.5. The van der Waals surface area contributed by atoms with Crippen LogP contribution < -0.4 is 5.32 Å². The average Bonchev–Trinajstić information content (AvgIpc) is 3.12. The normalized spacial score (nSPS) is 15.1. The first kappa shape index (κ1) is 14.3. The second kappa shape index (κ2) is 5.73. The molecule has 2 aromatic rings. The summed E-state index contributed by atoms with van der Waals surface area (Å²) in [6.07, 6.45) is 4.96. The Morgan fingerprint density at radius 1 is 1.33 bits per heavy atom. The number of benzene rings is 1. The van der Waals surface area contributed by atoms with E-state index in [1.165, 1.54) is 6.20 Å². The third-order valence-electron chi connectivity index (χ3n) is 3.97. The molecule has 1 aromatic heterocycles. The number of aromatic nitrogens is 1. The molecule has 4 rings (SSSR count). The summed E-state index contributed by atoms with van der Waals surface area (Å²) in [5.74, 6) is 1.10. The molecule has 0 saturated heterocycles. The van der Waals surface area contributed by atoms with Crippen molar-refractivity contribution in [1.29, 1.82) is 0 Å². The molecule has 0 spiro atoms. The van der Waals surface area contributed by atoms with Crippen molar-refractivity contribution >= 4 is 29.5 Å². The fraction of sp³-hybridized carbons (Fsp3) is 0.111. The lowest BCUT2D eigenvalue weighted by Gasteiger charge is -2.27. The van der Waals surface area contributed by atoms with E-state index in [-0.39, 0.29) is 5.91 Å². The van der Waals surface area contributed by atoms with E-state index in [9.17, 15) is 4.79 Å². The van der Waals surface area contributed by atoms with Crippen LogP contribution >= 0.6 is 0 Å². The maximum atomic E-state index is 12.4. The summed E-state index contributed by atoms with van der Waals surface area (Å²) in [5, 5.41) is 2.87. The quantitative estimate of drug-likeness (QED) is 0.923. The molecule has 0 aliphatic carbocycles. The first-order valence-electron chi connectivity index (χ1n) is 7.65. The number of nitrogens with one attached hydrogen (secondary N) is 1. The molecule has 1 aromatic carbocycles. The highest BCUT2D eigenvalue weighted by atomic mass is 16.1. The van der Waals surface area contributed by atoms with Crippen molar-refractivity contribution in [2.24, 2.45) is 9.98 Å². The van der Waals surface area contributed by atoms with E-state index >= 15 is 0 Å². The van der Waals surface area contributed by atoms with Gasteiger partial charge in [0.05, 0.1) is 17.8 Å². The van der Waals surface area contributed by atoms with Crippen molar-refractivity contribution in [2.75, 3.05) is 13.1 Å². The second-order valence-electron chi connectivity index (χ2n) is 5.47. The number of carbonyl (C=O) groups is 1. The monoisotopic (exact) mass is 317 g/mol. The number of aliphatic imine (C=N–C) groups is 2. The number of pyridine rings is 1. The fourth-order valence-electron chi connectivity index (χ4n) is 2.78. The van der Waals surface area contributed by atoms with Crippen LogP contribution in [0, 0.1) is 0 Å². The minimum atomic E-state index is -0.237. The van der Waals surface area contributed by atoms with Gasteiger partial charge in [-0.3, -0.25) is 25.0 Å². The minimum Gasteiger partial charge on any atom is -0.294 e. The predicted octanol–water partition coefficient (Wildman–Crippen LogP) is 2.22. The molecule has 0 radical (unpaired) electrons. The van der Waals surface area contributed by atoms with Crippen molar-refractivity contribution in [2.45, 2.75) is 0 Å². The Hall–Kier alpha value is -3.28. The van der Waals surface area contributed by atoms with Crippen molar-refractivity contribution in [3.63, 3.8) is 0 Å². The van der Waals surface area contributed by atoms with Gasteiger partial charge in [0.1, 0.15) is 5.84 Å². The molecule has 0 atom stereocenters. The van der Waals surface area contributed by atoms with Gasteiger partial charge in [-0.1, -0.05) is 18.7 Å². The minimum absolute atomic E-state index is 0.237. The van der Waals surface area contributed by atoms with Gasteiger partial charge in [0.25, 0.3) is 5.91 Å². The van der Waals surface area contributed by atoms with Crippen LogP contribution in [-0.2, 0) is 0 Å². The van der Waals surface area contributed by atoms with Crippen molar-refractivity contribution in [3.05, 3.63) is 66.0 Å². The largest absolute Gasteiger partial charge is 0.294 e. The Bertz CT molecular complexity index is 886. The first-order chi connectivity index (χ1) is 11.8. The highest BCUT2D eigenvalue weighted by Gasteiger charge is 2.30. The topological polar surface area (TPSA) is 70.0 Å². The number of carbonyl (C=O) groups excluding carboxylic acids is 1. The van der Waals surface area contributed by atoms with Gasteiger partial charge in [-0.15, -0.1) is 0 Å². The number of hydrogen-bond acceptors (Lipinski definition) is 5. The molecule has 0 bridgehead atoms. The molecular formula is C18H15N5O. The Kier molecular flexibility index (Phi) is 3.42. The van der Waals surface area contributed by atoms with Gasteiger partial charge in [0.15, 0.2) is 0 Å². The summed E-state index contributed by atoms with van der Waals surface area (Å²) >= 11 is 0. The molecule has 2 aliphatic heterocycles. The van der Waals surface area contributed by atoms with Crippen LogP contribution in [0.3, 0.4) is 0 Å². The molecule has 2 aliphatic rings. The molecule has 1 N–H and O–H groups in total. The van der Waals surface area contributed by atoms with Gasteiger partial charge >= 0.3 is 0 Å². The molecule has 0 saturated carbocycles. The molecule has 3 heterocycles. The second-order valence-corrected chi connectivity index (χ2v) is 5.47. The van der Waals surface area contributed by atoms with Gasteiger partial charge in [0.2, 0.25) is 5.96 Å².